The third-order valence-electron chi connectivity index (χ3n) is 2.62. The summed E-state index contributed by atoms with van der Waals surface area (Å²) >= 11 is 7.55. The van der Waals surface area contributed by atoms with Gasteiger partial charge < -0.3 is 15.6 Å². The van der Waals surface area contributed by atoms with Crippen molar-refractivity contribution in [1.82, 2.24) is 0 Å². The van der Waals surface area contributed by atoms with Crippen molar-refractivity contribution in [2.24, 2.45) is 0 Å². The van der Waals surface area contributed by atoms with Crippen LogP contribution in [0.5, 0.6) is 5.75 Å². The molecule has 0 fully saturated rings. The smallest absolute Gasteiger partial charge is 0.142 e. The van der Waals surface area contributed by atoms with Gasteiger partial charge in [-0.2, -0.15) is 0 Å². The molecule has 0 heterocycles. The van der Waals surface area contributed by atoms with E-state index in [9.17, 15) is 5.11 Å². The first-order valence-electron chi connectivity index (χ1n) is 6.19. The number of hydrogen-bond acceptors (Lipinski definition) is 4. The fourth-order valence-corrected chi connectivity index (χ4v) is 2.74. The van der Waals surface area contributed by atoms with Gasteiger partial charge in [0.25, 0.3) is 0 Å². The average Bonchev–Trinajstić information content (AvgIpc) is 2.45. The van der Waals surface area contributed by atoms with Gasteiger partial charge in [0.15, 0.2) is 0 Å². The van der Waals surface area contributed by atoms with Crippen LogP contribution in [0.4, 0.5) is 5.69 Å². The van der Waals surface area contributed by atoms with E-state index >= 15 is 0 Å². The Labute approximate surface area is 127 Å². The maximum atomic E-state index is 9.92. The Hall–Kier alpha value is -1.36. The SMILES string of the molecule is Nc1ccccc1OCC(O)CSc1ccccc1Cl. The van der Waals surface area contributed by atoms with Crippen molar-refractivity contribution in [3.63, 3.8) is 0 Å². The Kier molecular flexibility index (Phi) is 5.59. The van der Waals surface area contributed by atoms with Gasteiger partial charge in [0.05, 0.1) is 16.8 Å². The van der Waals surface area contributed by atoms with Gasteiger partial charge >= 0.3 is 0 Å². The quantitative estimate of drug-likeness (QED) is 0.634. The van der Waals surface area contributed by atoms with E-state index in [-0.39, 0.29) is 6.61 Å². The monoisotopic (exact) mass is 309 g/mol. The van der Waals surface area contributed by atoms with Crippen LogP contribution in [0.15, 0.2) is 53.4 Å². The van der Waals surface area contributed by atoms with Crippen molar-refractivity contribution in [1.29, 1.82) is 0 Å². The standard InChI is InChI=1S/C15H16ClNO2S/c16-12-5-1-4-8-15(12)20-10-11(18)9-19-14-7-3-2-6-13(14)17/h1-8,11,18H,9-10,17H2. The number of halogens is 1. The Morgan fingerprint density at radius 3 is 2.60 bits per heavy atom. The predicted octanol–water partition coefficient (Wildman–Crippen LogP) is 3.45. The number of aliphatic hydroxyl groups excluding tert-OH is 1. The van der Waals surface area contributed by atoms with Gasteiger partial charge in [-0.05, 0) is 24.3 Å². The van der Waals surface area contributed by atoms with Gasteiger partial charge in [0.1, 0.15) is 12.4 Å². The van der Waals surface area contributed by atoms with E-state index in [1.165, 1.54) is 11.8 Å². The summed E-state index contributed by atoms with van der Waals surface area (Å²) in [6, 6.07) is 14.8. The minimum Gasteiger partial charge on any atom is -0.489 e. The summed E-state index contributed by atoms with van der Waals surface area (Å²) in [5, 5.41) is 10.6. The number of hydrogen-bond donors (Lipinski definition) is 2. The summed E-state index contributed by atoms with van der Waals surface area (Å²) in [4.78, 5) is 0.951. The number of aliphatic hydroxyl groups is 1. The molecule has 5 heteroatoms. The minimum absolute atomic E-state index is 0.200. The van der Waals surface area contributed by atoms with Crippen molar-refractivity contribution >= 4 is 29.1 Å². The highest BCUT2D eigenvalue weighted by Crippen LogP contribution is 2.27. The second kappa shape index (κ2) is 7.43. The number of ether oxygens (including phenoxy) is 1. The van der Waals surface area contributed by atoms with Crippen molar-refractivity contribution < 1.29 is 9.84 Å². The second-order valence-corrected chi connectivity index (χ2v) is 5.71. The highest BCUT2D eigenvalue weighted by molar-refractivity contribution is 7.99. The maximum absolute atomic E-state index is 9.92. The van der Waals surface area contributed by atoms with Gasteiger partial charge in [0.2, 0.25) is 0 Å². The van der Waals surface area contributed by atoms with Crippen LogP contribution in [-0.4, -0.2) is 23.6 Å². The average molecular weight is 310 g/mol. The molecule has 3 N–H and O–H groups in total. The molecule has 0 aliphatic carbocycles. The van der Waals surface area contributed by atoms with E-state index in [1.807, 2.05) is 36.4 Å². The molecule has 0 amide bonds. The van der Waals surface area contributed by atoms with Crippen LogP contribution in [0.1, 0.15) is 0 Å². The first-order chi connectivity index (χ1) is 9.66. The van der Waals surface area contributed by atoms with Crippen LogP contribution >= 0.6 is 23.4 Å². The fourth-order valence-electron chi connectivity index (χ4n) is 1.59. The minimum atomic E-state index is -0.587. The van der Waals surface area contributed by atoms with E-state index in [1.54, 1.807) is 12.1 Å². The van der Waals surface area contributed by atoms with Crippen LogP contribution < -0.4 is 10.5 Å². The van der Waals surface area contributed by atoms with E-state index < -0.39 is 6.10 Å². The molecule has 0 spiro atoms. The molecular weight excluding hydrogens is 294 g/mol. The normalized spacial score (nSPS) is 12.1. The molecule has 0 aliphatic heterocycles. The molecule has 0 radical (unpaired) electrons. The van der Waals surface area contributed by atoms with Gasteiger partial charge in [-0.1, -0.05) is 35.9 Å². The van der Waals surface area contributed by atoms with Crippen molar-refractivity contribution in [3.8, 4) is 5.75 Å². The zero-order valence-corrected chi connectivity index (χ0v) is 12.4. The van der Waals surface area contributed by atoms with Crippen molar-refractivity contribution in [3.05, 3.63) is 53.6 Å². The summed E-state index contributed by atoms with van der Waals surface area (Å²) in [6.07, 6.45) is -0.587. The first kappa shape index (κ1) is 15.0. The van der Waals surface area contributed by atoms with Gasteiger partial charge in [-0.25, -0.2) is 0 Å². The third-order valence-corrected chi connectivity index (χ3v) is 4.28. The molecule has 0 saturated carbocycles. The van der Waals surface area contributed by atoms with Crippen LogP contribution in [0.2, 0.25) is 5.02 Å². The predicted molar refractivity (Wildman–Crippen MR) is 84.5 cm³/mol. The molecule has 1 unspecified atom stereocenters. The molecule has 0 saturated heterocycles. The Bertz CT molecular complexity index is 516. The first-order valence-corrected chi connectivity index (χ1v) is 7.56. The molecule has 3 nitrogen and oxygen atoms in total. The summed E-state index contributed by atoms with van der Waals surface area (Å²) in [5.74, 6) is 1.10. The molecule has 2 aromatic carbocycles. The number of benzene rings is 2. The van der Waals surface area contributed by atoms with Crippen molar-refractivity contribution in [2.45, 2.75) is 11.0 Å². The second-order valence-electron chi connectivity index (χ2n) is 4.24. The molecule has 1 atom stereocenters. The fraction of sp³-hybridized carbons (Fsp3) is 0.200. The number of nitrogen functional groups attached to an aromatic ring is 1. The molecule has 0 aromatic heterocycles. The summed E-state index contributed by atoms with van der Waals surface area (Å²) < 4.78 is 5.50. The number of nitrogens with two attached hydrogens (primary N) is 1. The lowest BCUT2D eigenvalue weighted by atomic mass is 10.3. The molecule has 106 valence electrons. The van der Waals surface area contributed by atoms with Crippen LogP contribution in [0.25, 0.3) is 0 Å². The van der Waals surface area contributed by atoms with Gasteiger partial charge in [-0.3, -0.25) is 0 Å². The largest absolute Gasteiger partial charge is 0.489 e. The van der Waals surface area contributed by atoms with Crippen molar-refractivity contribution in [2.75, 3.05) is 18.1 Å². The zero-order valence-electron chi connectivity index (χ0n) is 10.8. The molecule has 2 rings (SSSR count). The lowest BCUT2D eigenvalue weighted by Crippen LogP contribution is -2.20. The van der Waals surface area contributed by atoms with E-state index in [0.29, 0.717) is 22.2 Å². The summed E-state index contributed by atoms with van der Waals surface area (Å²) in [7, 11) is 0. The van der Waals surface area contributed by atoms with Crippen LogP contribution in [0, 0.1) is 0 Å². The van der Waals surface area contributed by atoms with E-state index in [0.717, 1.165) is 4.90 Å². The Morgan fingerprint density at radius 1 is 1.15 bits per heavy atom. The number of anilines is 1. The van der Waals surface area contributed by atoms with Crippen LogP contribution in [0.3, 0.4) is 0 Å². The number of thioether (sulfide) groups is 1. The maximum Gasteiger partial charge on any atom is 0.142 e. The van der Waals surface area contributed by atoms with E-state index in [4.69, 9.17) is 22.1 Å². The molecule has 20 heavy (non-hydrogen) atoms. The third kappa shape index (κ3) is 4.34. The zero-order chi connectivity index (χ0) is 14.4. The van der Waals surface area contributed by atoms with Gasteiger partial charge in [-0.15, -0.1) is 11.8 Å². The topological polar surface area (TPSA) is 55.5 Å². The lowest BCUT2D eigenvalue weighted by molar-refractivity contribution is 0.127. The number of para-hydroxylation sites is 2. The molecular formula is C15H16ClNO2S. The van der Waals surface area contributed by atoms with Crippen LogP contribution in [-0.2, 0) is 0 Å². The van der Waals surface area contributed by atoms with E-state index in [2.05, 4.69) is 0 Å². The Balaban J connectivity index is 1.80. The summed E-state index contributed by atoms with van der Waals surface area (Å²) in [5.41, 5.74) is 6.33. The Morgan fingerprint density at radius 2 is 1.85 bits per heavy atom. The lowest BCUT2D eigenvalue weighted by Gasteiger charge is -2.13. The molecule has 0 aliphatic rings. The highest BCUT2D eigenvalue weighted by atomic mass is 35.5. The summed E-state index contributed by atoms with van der Waals surface area (Å²) in [6.45, 7) is 0.200. The van der Waals surface area contributed by atoms with Gasteiger partial charge in [0, 0.05) is 10.6 Å². The highest BCUT2D eigenvalue weighted by Gasteiger charge is 2.09. The molecule has 2 aromatic rings. The number of rotatable bonds is 6. The molecule has 0 bridgehead atoms.